The van der Waals surface area contributed by atoms with Crippen LogP contribution >= 0.6 is 11.6 Å². The maximum atomic E-state index is 12.7. The Hall–Kier alpha value is -2.24. The van der Waals surface area contributed by atoms with Gasteiger partial charge in [-0.15, -0.1) is 0 Å². The molecule has 5 nitrogen and oxygen atoms in total. The molecule has 0 N–H and O–H groups in total. The molecule has 138 valence electrons. The van der Waals surface area contributed by atoms with E-state index in [1.54, 1.807) is 30.2 Å². The lowest BCUT2D eigenvalue weighted by molar-refractivity contribution is -0.0124. The van der Waals surface area contributed by atoms with Crippen molar-refractivity contribution in [1.29, 1.82) is 0 Å². The minimum absolute atomic E-state index is 0.0314. The lowest BCUT2D eigenvalue weighted by Crippen LogP contribution is -2.44. The molecular weight excluding hydrogens is 354 g/mol. The molecule has 2 aromatic carbocycles. The van der Waals surface area contributed by atoms with Crippen LogP contribution in [0.15, 0.2) is 42.5 Å². The van der Waals surface area contributed by atoms with Gasteiger partial charge in [0, 0.05) is 29.2 Å². The number of hydrogen-bond acceptors (Lipinski definition) is 4. The van der Waals surface area contributed by atoms with Crippen LogP contribution in [0.25, 0.3) is 0 Å². The Balaban J connectivity index is 1.73. The molecule has 0 aliphatic carbocycles. The molecule has 3 rings (SSSR count). The summed E-state index contributed by atoms with van der Waals surface area (Å²) in [4.78, 5) is 14.5. The van der Waals surface area contributed by atoms with E-state index in [-0.39, 0.29) is 12.0 Å². The molecule has 1 atom stereocenters. The van der Waals surface area contributed by atoms with E-state index in [4.69, 9.17) is 25.8 Å². The number of benzene rings is 2. The average molecular weight is 376 g/mol. The van der Waals surface area contributed by atoms with E-state index in [0.717, 1.165) is 5.56 Å². The molecule has 1 aliphatic heterocycles. The summed E-state index contributed by atoms with van der Waals surface area (Å²) >= 11 is 6.16. The number of carbonyl (C=O) groups is 1. The highest BCUT2D eigenvalue weighted by molar-refractivity contribution is 6.31. The first-order chi connectivity index (χ1) is 12.6. The monoisotopic (exact) mass is 375 g/mol. The highest BCUT2D eigenvalue weighted by atomic mass is 35.5. The fourth-order valence-electron chi connectivity index (χ4n) is 2.88. The van der Waals surface area contributed by atoms with Gasteiger partial charge in [0.05, 0.1) is 19.8 Å². The summed E-state index contributed by atoms with van der Waals surface area (Å²) in [5.74, 6) is 1.06. The molecule has 1 fully saturated rings. The number of halogens is 1. The summed E-state index contributed by atoms with van der Waals surface area (Å²) < 4.78 is 16.7. The van der Waals surface area contributed by atoms with Crippen LogP contribution in [-0.2, 0) is 11.3 Å². The molecule has 0 aromatic heterocycles. The number of nitrogens with zero attached hydrogens (tertiary/aromatic N) is 1. The van der Waals surface area contributed by atoms with Crippen molar-refractivity contribution >= 4 is 17.5 Å². The lowest BCUT2D eigenvalue weighted by atomic mass is 10.1. The Morgan fingerprint density at radius 2 is 2.08 bits per heavy atom. The van der Waals surface area contributed by atoms with Gasteiger partial charge >= 0.3 is 0 Å². The van der Waals surface area contributed by atoms with Gasteiger partial charge in [-0.25, -0.2) is 0 Å². The minimum Gasteiger partial charge on any atom is -0.493 e. The zero-order chi connectivity index (χ0) is 18.5. The smallest absolute Gasteiger partial charge is 0.254 e. The van der Waals surface area contributed by atoms with Crippen LogP contribution in [0, 0.1) is 0 Å². The number of morpholine rings is 1. The van der Waals surface area contributed by atoms with Crippen molar-refractivity contribution in [2.75, 3.05) is 26.8 Å². The highest BCUT2D eigenvalue weighted by Crippen LogP contribution is 2.30. The molecule has 1 saturated heterocycles. The molecular formula is C20H22ClNO4. The molecule has 0 spiro atoms. The second kappa shape index (κ2) is 8.43. The third-order valence-electron chi connectivity index (χ3n) is 4.28. The average Bonchev–Trinajstić information content (AvgIpc) is 2.66. The van der Waals surface area contributed by atoms with Gasteiger partial charge in [-0.05, 0) is 31.2 Å². The molecule has 1 amide bonds. The summed E-state index contributed by atoms with van der Waals surface area (Å²) in [6.45, 7) is 4.03. The zero-order valence-corrected chi connectivity index (χ0v) is 15.7. The van der Waals surface area contributed by atoms with Gasteiger partial charge < -0.3 is 19.1 Å². The normalized spacial score (nSPS) is 17.0. The first kappa shape index (κ1) is 18.5. The molecule has 0 radical (unpaired) electrons. The van der Waals surface area contributed by atoms with Gasteiger partial charge in [-0.3, -0.25) is 4.79 Å². The molecule has 0 bridgehead atoms. The Morgan fingerprint density at radius 1 is 1.27 bits per heavy atom. The number of amides is 1. The largest absolute Gasteiger partial charge is 0.493 e. The van der Waals surface area contributed by atoms with Crippen LogP contribution in [0.1, 0.15) is 22.8 Å². The van der Waals surface area contributed by atoms with Gasteiger partial charge in [-0.2, -0.15) is 0 Å². The maximum absolute atomic E-state index is 12.7. The minimum atomic E-state index is -0.0314. The van der Waals surface area contributed by atoms with Crippen LogP contribution in [0.5, 0.6) is 11.5 Å². The van der Waals surface area contributed by atoms with Crippen molar-refractivity contribution < 1.29 is 19.0 Å². The van der Waals surface area contributed by atoms with E-state index in [1.165, 1.54) is 0 Å². The van der Waals surface area contributed by atoms with Crippen LogP contribution < -0.4 is 9.47 Å². The van der Waals surface area contributed by atoms with Gasteiger partial charge in [-0.1, -0.05) is 29.8 Å². The molecule has 1 aliphatic rings. The van der Waals surface area contributed by atoms with Crippen LogP contribution in [-0.4, -0.2) is 43.7 Å². The summed E-state index contributed by atoms with van der Waals surface area (Å²) in [6.07, 6.45) is 0.0489. The second-order valence-electron chi connectivity index (χ2n) is 6.18. The first-order valence-electron chi connectivity index (χ1n) is 8.53. The van der Waals surface area contributed by atoms with Crippen molar-refractivity contribution in [3.05, 3.63) is 58.6 Å². The second-order valence-corrected chi connectivity index (χ2v) is 6.59. The standard InChI is InChI=1S/C20H22ClNO4/c1-14-12-22(9-10-25-14)20(23)15-7-8-18(19(11-15)24-2)26-13-16-5-3-4-6-17(16)21/h3-8,11,14H,9-10,12-13H2,1-2H3/t14-/m0/s1. The SMILES string of the molecule is COc1cc(C(=O)N2CCO[C@@H](C)C2)ccc1OCc1ccccc1Cl. The fourth-order valence-corrected chi connectivity index (χ4v) is 3.07. The molecule has 2 aromatic rings. The van der Waals surface area contributed by atoms with Crippen molar-refractivity contribution in [2.24, 2.45) is 0 Å². The van der Waals surface area contributed by atoms with Crippen LogP contribution in [0.2, 0.25) is 5.02 Å². The highest BCUT2D eigenvalue weighted by Gasteiger charge is 2.23. The number of carbonyl (C=O) groups excluding carboxylic acids is 1. The Bertz CT molecular complexity index is 780. The van der Waals surface area contributed by atoms with E-state index >= 15 is 0 Å². The molecule has 0 unspecified atom stereocenters. The van der Waals surface area contributed by atoms with E-state index < -0.39 is 0 Å². The van der Waals surface area contributed by atoms with E-state index in [0.29, 0.717) is 48.4 Å². The van der Waals surface area contributed by atoms with Crippen LogP contribution in [0.3, 0.4) is 0 Å². The number of ether oxygens (including phenoxy) is 3. The molecule has 6 heteroatoms. The summed E-state index contributed by atoms with van der Waals surface area (Å²) in [6, 6.07) is 12.7. The van der Waals surface area contributed by atoms with Gasteiger partial charge in [0.2, 0.25) is 0 Å². The van der Waals surface area contributed by atoms with Crippen molar-refractivity contribution in [3.8, 4) is 11.5 Å². The molecule has 0 saturated carbocycles. The summed E-state index contributed by atoms with van der Waals surface area (Å²) in [5, 5.41) is 0.653. The van der Waals surface area contributed by atoms with Crippen molar-refractivity contribution in [2.45, 2.75) is 19.6 Å². The van der Waals surface area contributed by atoms with Crippen molar-refractivity contribution in [1.82, 2.24) is 4.90 Å². The van der Waals surface area contributed by atoms with E-state index in [1.807, 2.05) is 31.2 Å². The van der Waals surface area contributed by atoms with Crippen LogP contribution in [0.4, 0.5) is 0 Å². The number of methoxy groups -OCH3 is 1. The number of rotatable bonds is 5. The summed E-state index contributed by atoms with van der Waals surface area (Å²) in [7, 11) is 1.56. The predicted molar refractivity (Wildman–Crippen MR) is 100 cm³/mol. The Labute approximate surface area is 158 Å². The van der Waals surface area contributed by atoms with Gasteiger partial charge in [0.15, 0.2) is 11.5 Å². The molecule has 1 heterocycles. The van der Waals surface area contributed by atoms with E-state index in [9.17, 15) is 4.79 Å². The number of hydrogen-bond donors (Lipinski definition) is 0. The van der Waals surface area contributed by atoms with Gasteiger partial charge in [0.25, 0.3) is 5.91 Å². The lowest BCUT2D eigenvalue weighted by Gasteiger charge is -2.31. The Morgan fingerprint density at radius 3 is 2.81 bits per heavy atom. The predicted octanol–water partition coefficient (Wildman–Crippen LogP) is 3.79. The third-order valence-corrected chi connectivity index (χ3v) is 4.65. The zero-order valence-electron chi connectivity index (χ0n) is 14.9. The third kappa shape index (κ3) is 4.29. The topological polar surface area (TPSA) is 48.0 Å². The summed E-state index contributed by atoms with van der Waals surface area (Å²) in [5.41, 5.74) is 1.46. The quantitative estimate of drug-likeness (QED) is 0.797. The maximum Gasteiger partial charge on any atom is 0.254 e. The first-order valence-corrected chi connectivity index (χ1v) is 8.91. The van der Waals surface area contributed by atoms with Crippen molar-refractivity contribution in [3.63, 3.8) is 0 Å². The Kier molecular flexibility index (Phi) is 6.01. The fraction of sp³-hybridized carbons (Fsp3) is 0.350. The molecule has 26 heavy (non-hydrogen) atoms. The van der Waals surface area contributed by atoms with E-state index in [2.05, 4.69) is 0 Å². The van der Waals surface area contributed by atoms with Gasteiger partial charge in [0.1, 0.15) is 6.61 Å².